The summed E-state index contributed by atoms with van der Waals surface area (Å²) >= 11 is 9.19. The topological polar surface area (TPSA) is 105 Å². The average Bonchev–Trinajstić information content (AvgIpc) is 2.64. The van der Waals surface area contributed by atoms with Gasteiger partial charge in [-0.15, -0.1) is 0 Å². The van der Waals surface area contributed by atoms with Crippen LogP contribution >= 0.6 is 27.5 Å². The van der Waals surface area contributed by atoms with E-state index in [1.807, 2.05) is 24.3 Å². The molecule has 3 rings (SSSR count). The number of anilines is 4. The van der Waals surface area contributed by atoms with Crippen molar-refractivity contribution in [3.05, 3.63) is 69.9 Å². The van der Waals surface area contributed by atoms with Crippen molar-refractivity contribution in [1.29, 1.82) is 0 Å². The molecule has 0 bridgehead atoms. The van der Waals surface area contributed by atoms with Gasteiger partial charge >= 0.3 is 0 Å². The number of halogens is 2. The van der Waals surface area contributed by atoms with E-state index in [1.165, 1.54) is 6.33 Å². The molecule has 0 fully saturated rings. The smallest absolute Gasteiger partial charge is 0.269 e. The summed E-state index contributed by atoms with van der Waals surface area (Å²) in [5.74, 6) is 0.356. The number of nitrogens with two attached hydrogens (primary N) is 1. The van der Waals surface area contributed by atoms with Gasteiger partial charge in [0.25, 0.3) is 5.91 Å². The quantitative estimate of drug-likeness (QED) is 0.454. The lowest BCUT2D eigenvalue weighted by Crippen LogP contribution is -2.30. The molecule has 0 saturated carbocycles. The lowest BCUT2D eigenvalue weighted by Gasteiger charge is -2.13. The highest BCUT2D eigenvalue weighted by molar-refractivity contribution is 9.10. The Bertz CT molecular complexity index is 918. The zero-order valence-electron chi connectivity index (χ0n) is 13.3. The van der Waals surface area contributed by atoms with Gasteiger partial charge in [0.05, 0.1) is 0 Å². The Hall–Kier alpha value is -2.84. The fraction of sp³-hybridized carbons (Fsp3) is 0. The predicted molar refractivity (Wildman–Crippen MR) is 106 cm³/mol. The Balaban J connectivity index is 1.69. The molecule has 1 aromatic heterocycles. The van der Waals surface area contributed by atoms with Gasteiger partial charge in [-0.2, -0.15) is 0 Å². The van der Waals surface area contributed by atoms with Crippen LogP contribution in [0.5, 0.6) is 0 Å². The van der Waals surface area contributed by atoms with Crippen molar-refractivity contribution in [2.24, 2.45) is 0 Å². The molecule has 7 nitrogen and oxygen atoms in total. The first-order valence-electron chi connectivity index (χ1n) is 7.48. The molecule has 0 atom stereocenters. The minimum atomic E-state index is -0.345. The number of carbonyl (C=O) groups is 1. The molecule has 3 aromatic rings. The van der Waals surface area contributed by atoms with Gasteiger partial charge in [-0.3, -0.25) is 15.6 Å². The van der Waals surface area contributed by atoms with Crippen LogP contribution in [-0.2, 0) is 0 Å². The van der Waals surface area contributed by atoms with Gasteiger partial charge in [-0.1, -0.05) is 27.5 Å². The fourth-order valence-corrected chi connectivity index (χ4v) is 2.44. The normalized spacial score (nSPS) is 10.2. The van der Waals surface area contributed by atoms with Gasteiger partial charge in [0.1, 0.15) is 12.0 Å². The number of benzene rings is 2. The first-order valence-corrected chi connectivity index (χ1v) is 8.65. The van der Waals surface area contributed by atoms with Crippen LogP contribution in [0.3, 0.4) is 0 Å². The molecule has 0 aliphatic rings. The predicted octanol–water partition coefficient (Wildman–Crippen LogP) is 3.98. The number of hydrogen-bond acceptors (Lipinski definition) is 6. The number of carbonyl (C=O) groups excluding carboxylic acids is 1. The Morgan fingerprint density at radius 2 is 1.65 bits per heavy atom. The molecule has 26 heavy (non-hydrogen) atoms. The number of rotatable bonds is 5. The van der Waals surface area contributed by atoms with E-state index < -0.39 is 0 Å². The van der Waals surface area contributed by atoms with Crippen molar-refractivity contribution in [3.63, 3.8) is 0 Å². The zero-order chi connectivity index (χ0) is 18.5. The number of nitrogen functional groups attached to an aromatic ring is 1. The van der Waals surface area contributed by atoms with E-state index in [-0.39, 0.29) is 17.4 Å². The summed E-state index contributed by atoms with van der Waals surface area (Å²) in [5.41, 5.74) is 12.9. The highest BCUT2D eigenvalue weighted by Crippen LogP contribution is 2.26. The molecule has 1 heterocycles. The second-order valence-electron chi connectivity index (χ2n) is 5.20. The molecule has 2 aromatic carbocycles. The molecule has 132 valence electrons. The Morgan fingerprint density at radius 3 is 2.35 bits per heavy atom. The Labute approximate surface area is 163 Å². The fourth-order valence-electron chi connectivity index (χ4n) is 2.05. The van der Waals surface area contributed by atoms with Crippen LogP contribution in [0, 0.1) is 0 Å². The van der Waals surface area contributed by atoms with Crippen LogP contribution in [0.4, 0.5) is 23.0 Å². The van der Waals surface area contributed by atoms with Gasteiger partial charge in [0.2, 0.25) is 0 Å². The van der Waals surface area contributed by atoms with E-state index in [1.54, 1.807) is 24.3 Å². The highest BCUT2D eigenvalue weighted by atomic mass is 79.9. The van der Waals surface area contributed by atoms with Crippen LogP contribution < -0.4 is 21.9 Å². The molecular weight excluding hydrogens is 420 g/mol. The molecule has 9 heteroatoms. The largest absolute Gasteiger partial charge is 0.393 e. The standard InChI is InChI=1S/C17H14BrClN6O/c18-11-3-7-13(8-4-11)23-15-14(20)16(22-9-21-15)24-25-17(26)10-1-5-12(19)6-2-10/h1-9H,20H2,(H,25,26)(H2,21,22,23,24). The highest BCUT2D eigenvalue weighted by Gasteiger charge is 2.10. The number of nitrogens with zero attached hydrogens (tertiary/aromatic N) is 2. The molecule has 0 unspecified atom stereocenters. The SMILES string of the molecule is Nc1c(NNC(=O)c2ccc(Cl)cc2)ncnc1Nc1ccc(Br)cc1. The minimum Gasteiger partial charge on any atom is -0.393 e. The third kappa shape index (κ3) is 4.41. The second-order valence-corrected chi connectivity index (χ2v) is 6.55. The third-order valence-corrected chi connectivity index (χ3v) is 4.17. The molecule has 0 aliphatic carbocycles. The third-order valence-electron chi connectivity index (χ3n) is 3.39. The summed E-state index contributed by atoms with van der Waals surface area (Å²) in [6.45, 7) is 0. The van der Waals surface area contributed by atoms with Crippen molar-refractivity contribution in [1.82, 2.24) is 15.4 Å². The first-order chi connectivity index (χ1) is 12.5. The van der Waals surface area contributed by atoms with Crippen LogP contribution in [0.25, 0.3) is 0 Å². The Kier molecular flexibility index (Phi) is 5.55. The van der Waals surface area contributed by atoms with Crippen LogP contribution in [0.2, 0.25) is 5.02 Å². The molecule has 0 radical (unpaired) electrons. The summed E-state index contributed by atoms with van der Waals surface area (Å²) in [5, 5.41) is 3.65. The first kappa shape index (κ1) is 18.0. The summed E-state index contributed by atoms with van der Waals surface area (Å²) in [4.78, 5) is 20.3. The van der Waals surface area contributed by atoms with Gasteiger partial charge in [0, 0.05) is 20.7 Å². The summed E-state index contributed by atoms with van der Waals surface area (Å²) < 4.78 is 0.964. The maximum atomic E-state index is 12.1. The lowest BCUT2D eigenvalue weighted by atomic mass is 10.2. The summed E-state index contributed by atoms with van der Waals surface area (Å²) in [6.07, 6.45) is 1.34. The number of hydrazine groups is 1. The lowest BCUT2D eigenvalue weighted by molar-refractivity contribution is 0.0962. The number of amides is 1. The van der Waals surface area contributed by atoms with Gasteiger partial charge < -0.3 is 11.1 Å². The van der Waals surface area contributed by atoms with Crippen molar-refractivity contribution < 1.29 is 4.79 Å². The van der Waals surface area contributed by atoms with Crippen molar-refractivity contribution in [2.45, 2.75) is 0 Å². The molecule has 0 spiro atoms. The van der Waals surface area contributed by atoms with Gasteiger partial charge in [-0.05, 0) is 48.5 Å². The Morgan fingerprint density at radius 1 is 1.00 bits per heavy atom. The molecule has 1 amide bonds. The van der Waals surface area contributed by atoms with Crippen molar-refractivity contribution >= 4 is 56.4 Å². The molecular formula is C17H14BrClN6O. The van der Waals surface area contributed by atoms with E-state index in [9.17, 15) is 4.79 Å². The van der Waals surface area contributed by atoms with E-state index in [0.717, 1.165) is 10.2 Å². The maximum Gasteiger partial charge on any atom is 0.269 e. The molecule has 0 saturated heterocycles. The molecule has 0 aliphatic heterocycles. The van der Waals surface area contributed by atoms with Crippen LogP contribution in [0.15, 0.2) is 59.3 Å². The molecule has 5 N–H and O–H groups in total. The number of hydrogen-bond donors (Lipinski definition) is 4. The number of nitrogens with one attached hydrogen (secondary N) is 3. The average molecular weight is 434 g/mol. The van der Waals surface area contributed by atoms with E-state index in [2.05, 4.69) is 42.1 Å². The summed E-state index contributed by atoms with van der Waals surface area (Å²) in [7, 11) is 0. The van der Waals surface area contributed by atoms with Gasteiger partial charge in [-0.25, -0.2) is 9.97 Å². The van der Waals surface area contributed by atoms with Crippen LogP contribution in [-0.4, -0.2) is 15.9 Å². The van der Waals surface area contributed by atoms with Crippen LogP contribution in [0.1, 0.15) is 10.4 Å². The van der Waals surface area contributed by atoms with Crippen molar-refractivity contribution in [3.8, 4) is 0 Å². The van der Waals surface area contributed by atoms with Crippen molar-refractivity contribution in [2.75, 3.05) is 16.5 Å². The zero-order valence-corrected chi connectivity index (χ0v) is 15.7. The maximum absolute atomic E-state index is 12.1. The van der Waals surface area contributed by atoms with E-state index >= 15 is 0 Å². The number of aromatic nitrogens is 2. The monoisotopic (exact) mass is 432 g/mol. The summed E-state index contributed by atoms with van der Waals surface area (Å²) in [6, 6.07) is 14.0. The van der Waals surface area contributed by atoms with Gasteiger partial charge in [0.15, 0.2) is 11.6 Å². The minimum absolute atomic E-state index is 0.270. The van der Waals surface area contributed by atoms with E-state index in [4.69, 9.17) is 17.3 Å². The second kappa shape index (κ2) is 8.03. The van der Waals surface area contributed by atoms with E-state index in [0.29, 0.717) is 16.4 Å².